The fourth-order valence-corrected chi connectivity index (χ4v) is 5.99. The van der Waals surface area contributed by atoms with Crippen LogP contribution in [0.5, 0.6) is 5.75 Å². The second-order valence-electron chi connectivity index (χ2n) is 8.31. The van der Waals surface area contributed by atoms with Crippen molar-refractivity contribution >= 4 is 15.9 Å². The van der Waals surface area contributed by atoms with Gasteiger partial charge in [-0.05, 0) is 37.0 Å². The molecule has 1 N–H and O–H groups in total. The molecule has 8 nitrogen and oxygen atoms in total. The van der Waals surface area contributed by atoms with Gasteiger partial charge in [0.1, 0.15) is 22.4 Å². The minimum absolute atomic E-state index is 0.124. The van der Waals surface area contributed by atoms with Crippen LogP contribution in [0.2, 0.25) is 0 Å². The van der Waals surface area contributed by atoms with Crippen molar-refractivity contribution in [2.24, 2.45) is 5.92 Å². The lowest BCUT2D eigenvalue weighted by molar-refractivity contribution is 0.0749. The standard InChI is InChI=1S/C21H28N4O4S/c1-15(2)8-14-25-17-9-12-24(21(26)16-7-11-22-23-16)13-10-18(17)29-19-5-3-4-6-20(19)30(25,27)28/h3-7,11,15,17-18H,8-10,12-14H2,1-2H3,(H,22,23)/t17-,18+/m1/s1. The number of carbonyl (C=O) groups is 1. The number of rotatable bonds is 4. The van der Waals surface area contributed by atoms with Gasteiger partial charge in [-0.25, -0.2) is 8.42 Å². The van der Waals surface area contributed by atoms with Crippen molar-refractivity contribution in [1.82, 2.24) is 19.4 Å². The zero-order valence-corrected chi connectivity index (χ0v) is 18.1. The molecule has 9 heteroatoms. The molecule has 30 heavy (non-hydrogen) atoms. The van der Waals surface area contributed by atoms with E-state index in [4.69, 9.17) is 4.74 Å². The van der Waals surface area contributed by atoms with Crippen LogP contribution in [0.3, 0.4) is 0 Å². The Bertz CT molecular complexity index is 990. The van der Waals surface area contributed by atoms with Gasteiger partial charge in [-0.2, -0.15) is 9.40 Å². The quantitative estimate of drug-likeness (QED) is 0.801. The van der Waals surface area contributed by atoms with Crippen molar-refractivity contribution < 1.29 is 17.9 Å². The van der Waals surface area contributed by atoms with Gasteiger partial charge in [-0.15, -0.1) is 0 Å². The maximum Gasteiger partial charge on any atom is 0.271 e. The predicted molar refractivity (Wildman–Crippen MR) is 112 cm³/mol. The smallest absolute Gasteiger partial charge is 0.271 e. The zero-order chi connectivity index (χ0) is 21.3. The van der Waals surface area contributed by atoms with Crippen molar-refractivity contribution in [1.29, 1.82) is 0 Å². The number of sulfonamides is 1. The summed E-state index contributed by atoms with van der Waals surface area (Å²) in [7, 11) is -3.69. The second kappa shape index (κ2) is 8.39. The summed E-state index contributed by atoms with van der Waals surface area (Å²) in [6, 6.07) is 8.18. The lowest BCUT2D eigenvalue weighted by atomic mass is 10.0. The highest BCUT2D eigenvalue weighted by molar-refractivity contribution is 7.89. The van der Waals surface area contributed by atoms with Gasteiger partial charge >= 0.3 is 0 Å². The van der Waals surface area contributed by atoms with Crippen molar-refractivity contribution in [2.45, 2.75) is 50.2 Å². The molecule has 0 saturated carbocycles. The monoisotopic (exact) mass is 432 g/mol. The summed E-state index contributed by atoms with van der Waals surface area (Å²) in [6.45, 7) is 5.58. The first-order valence-corrected chi connectivity index (χ1v) is 11.9. The van der Waals surface area contributed by atoms with E-state index in [9.17, 15) is 13.2 Å². The van der Waals surface area contributed by atoms with E-state index in [-0.39, 0.29) is 22.9 Å². The van der Waals surface area contributed by atoms with Crippen LogP contribution in [-0.4, -0.2) is 65.5 Å². The Balaban J connectivity index is 1.66. The fourth-order valence-electron chi connectivity index (χ4n) is 4.18. The third-order valence-electron chi connectivity index (χ3n) is 5.84. The summed E-state index contributed by atoms with van der Waals surface area (Å²) >= 11 is 0. The summed E-state index contributed by atoms with van der Waals surface area (Å²) < 4.78 is 35.0. The first-order valence-electron chi connectivity index (χ1n) is 10.4. The molecule has 0 aliphatic carbocycles. The highest BCUT2D eigenvalue weighted by Gasteiger charge is 2.43. The Morgan fingerprint density at radius 1 is 1.23 bits per heavy atom. The highest BCUT2D eigenvalue weighted by atomic mass is 32.2. The molecule has 1 aromatic carbocycles. The number of ether oxygens (including phenoxy) is 1. The first-order chi connectivity index (χ1) is 14.4. The van der Waals surface area contributed by atoms with E-state index in [1.807, 2.05) is 0 Å². The summed E-state index contributed by atoms with van der Waals surface area (Å²) in [5, 5.41) is 6.57. The topological polar surface area (TPSA) is 95.6 Å². The predicted octanol–water partition coefficient (Wildman–Crippen LogP) is 2.51. The van der Waals surface area contributed by atoms with Crippen molar-refractivity contribution in [3.05, 3.63) is 42.2 Å². The van der Waals surface area contributed by atoms with Crippen LogP contribution in [0.25, 0.3) is 0 Å². The summed E-state index contributed by atoms with van der Waals surface area (Å²) in [4.78, 5) is 14.8. The maximum atomic E-state index is 13.6. The number of H-pyrrole nitrogens is 1. The molecule has 4 rings (SSSR count). The van der Waals surface area contributed by atoms with E-state index in [2.05, 4.69) is 24.0 Å². The molecule has 1 fully saturated rings. The van der Waals surface area contributed by atoms with Crippen molar-refractivity contribution in [3.63, 3.8) is 0 Å². The molecule has 2 aliphatic heterocycles. The SMILES string of the molecule is CC(C)CCN1[C@@H]2CCN(C(=O)c3ccn[nH]3)CC[C@@H]2Oc2ccccc2S1(=O)=O. The molecule has 1 amide bonds. The van der Waals surface area contributed by atoms with Gasteiger partial charge in [0, 0.05) is 32.3 Å². The number of amides is 1. The fraction of sp³-hybridized carbons (Fsp3) is 0.524. The third-order valence-corrected chi connectivity index (χ3v) is 7.80. The Hall–Kier alpha value is -2.39. The number of aromatic nitrogens is 2. The lowest BCUT2D eigenvalue weighted by Crippen LogP contribution is -2.47. The van der Waals surface area contributed by atoms with Crippen LogP contribution < -0.4 is 4.74 Å². The number of fused-ring (bicyclic) bond motifs is 2. The van der Waals surface area contributed by atoms with E-state index >= 15 is 0 Å². The molecule has 0 spiro atoms. The molecule has 0 unspecified atom stereocenters. The molecule has 162 valence electrons. The zero-order valence-electron chi connectivity index (χ0n) is 17.3. The van der Waals surface area contributed by atoms with Crippen LogP contribution in [0.15, 0.2) is 41.4 Å². The lowest BCUT2D eigenvalue weighted by Gasteiger charge is -2.32. The normalized spacial score (nSPS) is 23.8. The van der Waals surface area contributed by atoms with Gasteiger partial charge in [0.15, 0.2) is 0 Å². The van der Waals surface area contributed by atoms with Crippen LogP contribution in [0.4, 0.5) is 0 Å². The van der Waals surface area contributed by atoms with E-state index in [1.165, 1.54) is 0 Å². The number of nitrogens with zero attached hydrogens (tertiary/aromatic N) is 3. The number of hydrogen-bond donors (Lipinski definition) is 1. The van der Waals surface area contributed by atoms with Gasteiger partial charge in [0.2, 0.25) is 10.0 Å². The van der Waals surface area contributed by atoms with Gasteiger partial charge in [-0.1, -0.05) is 26.0 Å². The molecule has 0 bridgehead atoms. The molecule has 1 aromatic heterocycles. The van der Waals surface area contributed by atoms with Crippen LogP contribution in [-0.2, 0) is 10.0 Å². The minimum Gasteiger partial charge on any atom is -0.487 e. The Kier molecular flexibility index (Phi) is 5.84. The summed E-state index contributed by atoms with van der Waals surface area (Å²) in [5.41, 5.74) is 0.438. The number of para-hydroxylation sites is 1. The summed E-state index contributed by atoms with van der Waals surface area (Å²) in [6.07, 6.45) is 3.09. The average molecular weight is 433 g/mol. The molecule has 1 saturated heterocycles. The van der Waals surface area contributed by atoms with Gasteiger partial charge in [-0.3, -0.25) is 9.89 Å². The third kappa shape index (κ3) is 3.96. The molecular weight excluding hydrogens is 404 g/mol. The van der Waals surface area contributed by atoms with E-state index in [0.29, 0.717) is 49.8 Å². The summed E-state index contributed by atoms with van der Waals surface area (Å²) in [5.74, 6) is 0.649. The maximum absolute atomic E-state index is 13.6. The molecule has 2 aromatic rings. The van der Waals surface area contributed by atoms with Gasteiger partial charge in [0.05, 0.1) is 6.04 Å². The number of hydrogen-bond acceptors (Lipinski definition) is 5. The van der Waals surface area contributed by atoms with Crippen molar-refractivity contribution in [2.75, 3.05) is 19.6 Å². The minimum atomic E-state index is -3.69. The molecule has 2 aliphatic rings. The number of aromatic amines is 1. The van der Waals surface area contributed by atoms with Crippen molar-refractivity contribution in [3.8, 4) is 5.75 Å². The molecule has 2 atom stereocenters. The number of carbonyl (C=O) groups excluding carboxylic acids is 1. The van der Waals surface area contributed by atoms with E-state index < -0.39 is 10.0 Å². The van der Waals surface area contributed by atoms with E-state index in [1.54, 1.807) is 45.7 Å². The molecular formula is C21H28N4O4S. The Morgan fingerprint density at radius 3 is 2.73 bits per heavy atom. The largest absolute Gasteiger partial charge is 0.487 e. The van der Waals surface area contributed by atoms with E-state index in [0.717, 1.165) is 6.42 Å². The Morgan fingerprint density at radius 2 is 2.00 bits per heavy atom. The number of likely N-dealkylation sites (tertiary alicyclic amines) is 1. The van der Waals surface area contributed by atoms with Crippen LogP contribution in [0.1, 0.15) is 43.6 Å². The Labute approximate surface area is 177 Å². The van der Waals surface area contributed by atoms with Crippen LogP contribution >= 0.6 is 0 Å². The van der Waals surface area contributed by atoms with Gasteiger partial charge < -0.3 is 9.64 Å². The van der Waals surface area contributed by atoms with Gasteiger partial charge in [0.25, 0.3) is 5.91 Å². The number of benzene rings is 1. The van der Waals surface area contributed by atoms with Crippen LogP contribution in [0, 0.1) is 5.92 Å². The first kappa shape index (κ1) is 20.9. The molecule has 3 heterocycles. The molecule has 0 radical (unpaired) electrons. The number of nitrogens with one attached hydrogen (secondary N) is 1. The average Bonchev–Trinajstić information content (AvgIpc) is 3.15. The highest BCUT2D eigenvalue weighted by Crippen LogP contribution is 2.36. The second-order valence-corrected chi connectivity index (χ2v) is 10.2.